The normalized spacial score (nSPS) is 15.7. The number of ether oxygens (including phenoxy) is 1. The maximum atomic E-state index is 13.7. The van der Waals surface area contributed by atoms with Crippen LogP contribution in [0.3, 0.4) is 0 Å². The van der Waals surface area contributed by atoms with E-state index >= 15 is 0 Å². The molecule has 3 aromatic rings. The van der Waals surface area contributed by atoms with Crippen LogP contribution < -0.4 is 5.32 Å². The number of amides is 1. The summed E-state index contributed by atoms with van der Waals surface area (Å²) in [5.74, 6) is -0.0669. The van der Waals surface area contributed by atoms with E-state index in [2.05, 4.69) is 10.2 Å². The van der Waals surface area contributed by atoms with Crippen molar-refractivity contribution in [1.82, 2.24) is 10.2 Å². The van der Waals surface area contributed by atoms with E-state index < -0.39 is 6.04 Å². The molecule has 1 N–H and O–H groups in total. The third-order valence-corrected chi connectivity index (χ3v) is 5.76. The summed E-state index contributed by atoms with van der Waals surface area (Å²) in [6.07, 6.45) is 0. The van der Waals surface area contributed by atoms with Crippen molar-refractivity contribution in [3.63, 3.8) is 0 Å². The van der Waals surface area contributed by atoms with Gasteiger partial charge in [-0.15, -0.1) is 0 Å². The Bertz CT molecular complexity index is 920. The van der Waals surface area contributed by atoms with Crippen LogP contribution in [0.2, 0.25) is 5.02 Å². The predicted octanol–water partition coefficient (Wildman–Crippen LogP) is 4.62. The fraction of sp³-hybridized carbons (Fsp3) is 0.240. The van der Waals surface area contributed by atoms with Gasteiger partial charge in [-0.2, -0.15) is 0 Å². The van der Waals surface area contributed by atoms with E-state index in [1.165, 1.54) is 0 Å². The van der Waals surface area contributed by atoms with Gasteiger partial charge in [-0.3, -0.25) is 9.69 Å². The molecule has 3 aromatic carbocycles. The van der Waals surface area contributed by atoms with Crippen LogP contribution in [0.15, 0.2) is 84.9 Å². The summed E-state index contributed by atoms with van der Waals surface area (Å²) >= 11 is 6.51. The minimum Gasteiger partial charge on any atom is -0.379 e. The molecule has 0 aromatic heterocycles. The quantitative estimate of drug-likeness (QED) is 0.632. The average Bonchev–Trinajstić information content (AvgIpc) is 2.81. The summed E-state index contributed by atoms with van der Waals surface area (Å²) in [6.45, 7) is 2.58. The molecule has 1 saturated heterocycles. The molecule has 0 radical (unpaired) electrons. The van der Waals surface area contributed by atoms with Crippen LogP contribution in [0.4, 0.5) is 0 Å². The maximum Gasteiger partial charge on any atom is 0.242 e. The first-order valence-electron chi connectivity index (χ1n) is 10.2. The van der Waals surface area contributed by atoms with Gasteiger partial charge in [0.15, 0.2) is 0 Å². The lowest BCUT2D eigenvalue weighted by atomic mass is 9.97. The van der Waals surface area contributed by atoms with Gasteiger partial charge < -0.3 is 10.1 Å². The zero-order valence-electron chi connectivity index (χ0n) is 16.7. The van der Waals surface area contributed by atoms with Crippen molar-refractivity contribution in [3.8, 4) is 0 Å². The molecule has 1 heterocycles. The second-order valence-corrected chi connectivity index (χ2v) is 7.74. The lowest BCUT2D eigenvalue weighted by Crippen LogP contribution is -2.46. The largest absolute Gasteiger partial charge is 0.379 e. The molecule has 1 atom stereocenters. The number of morpholine rings is 1. The van der Waals surface area contributed by atoms with E-state index in [4.69, 9.17) is 16.3 Å². The monoisotopic (exact) mass is 420 g/mol. The fourth-order valence-electron chi connectivity index (χ4n) is 3.91. The van der Waals surface area contributed by atoms with Crippen molar-refractivity contribution in [2.75, 3.05) is 26.3 Å². The Kier molecular flexibility index (Phi) is 6.80. The second kappa shape index (κ2) is 9.90. The first kappa shape index (κ1) is 20.6. The van der Waals surface area contributed by atoms with Gasteiger partial charge in [0.05, 0.1) is 19.3 Å². The molecule has 4 rings (SSSR count). The molecule has 154 valence electrons. The zero-order chi connectivity index (χ0) is 20.8. The molecule has 0 saturated carbocycles. The summed E-state index contributed by atoms with van der Waals surface area (Å²) in [6, 6.07) is 26.9. The molecule has 30 heavy (non-hydrogen) atoms. The molecule has 1 aliphatic rings. The molecule has 4 nitrogen and oxygen atoms in total. The lowest BCUT2D eigenvalue weighted by molar-refractivity contribution is -0.129. The van der Waals surface area contributed by atoms with E-state index in [9.17, 15) is 4.79 Å². The van der Waals surface area contributed by atoms with Crippen LogP contribution in [0.5, 0.6) is 0 Å². The molecule has 1 aliphatic heterocycles. The lowest BCUT2D eigenvalue weighted by Gasteiger charge is -2.35. The van der Waals surface area contributed by atoms with Gasteiger partial charge in [0.1, 0.15) is 6.04 Å². The number of halogens is 1. The van der Waals surface area contributed by atoms with Gasteiger partial charge in [-0.05, 0) is 22.8 Å². The van der Waals surface area contributed by atoms with Gasteiger partial charge in [0.25, 0.3) is 0 Å². The molecule has 1 amide bonds. The number of rotatable bonds is 6. The molecule has 0 spiro atoms. The average molecular weight is 421 g/mol. The Morgan fingerprint density at radius 1 is 0.833 bits per heavy atom. The van der Waals surface area contributed by atoms with Gasteiger partial charge in [0.2, 0.25) is 5.91 Å². The second-order valence-electron chi connectivity index (χ2n) is 7.34. The SMILES string of the molecule is O=C(NC(c1ccccc1)c1ccccc1)[C@H](c1ccccc1Cl)N1CCOCC1. The van der Waals surface area contributed by atoms with Gasteiger partial charge >= 0.3 is 0 Å². The summed E-state index contributed by atoms with van der Waals surface area (Å²) < 4.78 is 5.51. The Morgan fingerprint density at radius 3 is 1.93 bits per heavy atom. The number of carbonyl (C=O) groups is 1. The zero-order valence-corrected chi connectivity index (χ0v) is 17.5. The summed E-state index contributed by atoms with van der Waals surface area (Å²) in [5, 5.41) is 3.89. The molecule has 0 aliphatic carbocycles. The molecule has 0 unspecified atom stereocenters. The van der Waals surface area contributed by atoms with Crippen LogP contribution in [-0.2, 0) is 9.53 Å². The van der Waals surface area contributed by atoms with Crippen molar-refractivity contribution in [3.05, 3.63) is 107 Å². The van der Waals surface area contributed by atoms with Crippen molar-refractivity contribution in [1.29, 1.82) is 0 Å². The highest BCUT2D eigenvalue weighted by Gasteiger charge is 2.32. The Labute approximate surface area is 182 Å². The van der Waals surface area contributed by atoms with Crippen LogP contribution in [0, 0.1) is 0 Å². The molecular formula is C25H25ClN2O2. The van der Waals surface area contributed by atoms with E-state index in [1.807, 2.05) is 84.9 Å². The minimum absolute atomic E-state index is 0.0669. The third kappa shape index (κ3) is 4.73. The first-order chi connectivity index (χ1) is 14.7. The number of hydrogen-bond donors (Lipinski definition) is 1. The Morgan fingerprint density at radius 2 is 1.37 bits per heavy atom. The number of nitrogens with one attached hydrogen (secondary N) is 1. The molecular weight excluding hydrogens is 396 g/mol. The highest BCUT2D eigenvalue weighted by atomic mass is 35.5. The molecule has 1 fully saturated rings. The van der Waals surface area contributed by atoms with E-state index in [0.717, 1.165) is 16.7 Å². The van der Waals surface area contributed by atoms with Crippen molar-refractivity contribution in [2.24, 2.45) is 0 Å². The first-order valence-corrected chi connectivity index (χ1v) is 10.6. The van der Waals surface area contributed by atoms with Crippen molar-refractivity contribution >= 4 is 17.5 Å². The third-order valence-electron chi connectivity index (χ3n) is 5.41. The number of benzene rings is 3. The van der Waals surface area contributed by atoms with Gasteiger partial charge in [-0.25, -0.2) is 0 Å². The Balaban J connectivity index is 1.68. The van der Waals surface area contributed by atoms with E-state index in [1.54, 1.807) is 0 Å². The number of carbonyl (C=O) groups excluding carboxylic acids is 1. The Hall–Kier alpha value is -2.66. The highest BCUT2D eigenvalue weighted by Crippen LogP contribution is 2.30. The molecule has 0 bridgehead atoms. The fourth-order valence-corrected chi connectivity index (χ4v) is 4.15. The summed E-state index contributed by atoms with van der Waals surface area (Å²) in [4.78, 5) is 15.8. The van der Waals surface area contributed by atoms with Gasteiger partial charge in [-0.1, -0.05) is 90.5 Å². The van der Waals surface area contributed by atoms with Gasteiger partial charge in [0, 0.05) is 18.1 Å². The summed E-state index contributed by atoms with van der Waals surface area (Å²) in [5.41, 5.74) is 2.90. The minimum atomic E-state index is -0.475. The van der Waals surface area contributed by atoms with Crippen LogP contribution in [0.25, 0.3) is 0 Å². The maximum absolute atomic E-state index is 13.7. The smallest absolute Gasteiger partial charge is 0.242 e. The standard InChI is InChI=1S/C25H25ClN2O2/c26-22-14-8-7-13-21(22)24(28-15-17-30-18-16-28)25(29)27-23(19-9-3-1-4-10-19)20-11-5-2-6-12-20/h1-14,23-24H,15-18H2,(H,27,29)/t24-/m0/s1. The predicted molar refractivity (Wildman–Crippen MR) is 119 cm³/mol. The van der Waals surface area contributed by atoms with Crippen molar-refractivity contribution in [2.45, 2.75) is 12.1 Å². The van der Waals surface area contributed by atoms with E-state index in [-0.39, 0.29) is 11.9 Å². The highest BCUT2D eigenvalue weighted by molar-refractivity contribution is 6.31. The van der Waals surface area contributed by atoms with Crippen LogP contribution in [-0.4, -0.2) is 37.1 Å². The van der Waals surface area contributed by atoms with E-state index in [0.29, 0.717) is 31.3 Å². The van der Waals surface area contributed by atoms with Crippen LogP contribution in [0.1, 0.15) is 28.8 Å². The number of hydrogen-bond acceptors (Lipinski definition) is 3. The van der Waals surface area contributed by atoms with Crippen molar-refractivity contribution < 1.29 is 9.53 Å². The topological polar surface area (TPSA) is 41.6 Å². The number of nitrogens with zero attached hydrogens (tertiary/aromatic N) is 1. The summed E-state index contributed by atoms with van der Waals surface area (Å²) in [7, 11) is 0. The molecule has 5 heteroatoms. The van der Waals surface area contributed by atoms with Crippen LogP contribution >= 0.6 is 11.6 Å².